The molecule has 5 nitrogen and oxygen atoms in total. The van der Waals surface area contributed by atoms with Gasteiger partial charge in [-0.25, -0.2) is 10.8 Å². The molecule has 0 atom stereocenters. The van der Waals surface area contributed by atoms with E-state index in [0.29, 0.717) is 11.8 Å². The van der Waals surface area contributed by atoms with Crippen LogP contribution in [0.2, 0.25) is 0 Å². The number of aromatic nitrogens is 2. The highest BCUT2D eigenvalue weighted by molar-refractivity contribution is 9.10. The number of halogens is 1. The van der Waals surface area contributed by atoms with Gasteiger partial charge in [0.2, 0.25) is 5.95 Å². The van der Waals surface area contributed by atoms with E-state index in [1.54, 1.807) is 17.5 Å². The summed E-state index contributed by atoms with van der Waals surface area (Å²) in [4.78, 5) is 8.16. The molecular formula is C9H10BrN5S. The van der Waals surface area contributed by atoms with Crippen LogP contribution in [0.1, 0.15) is 5.56 Å². The Morgan fingerprint density at radius 2 is 2.38 bits per heavy atom. The first kappa shape index (κ1) is 11.3. The fourth-order valence-corrected chi connectivity index (χ4v) is 2.14. The van der Waals surface area contributed by atoms with Crippen molar-refractivity contribution in [2.45, 2.75) is 6.54 Å². The lowest BCUT2D eigenvalue weighted by Crippen LogP contribution is -2.12. The van der Waals surface area contributed by atoms with Gasteiger partial charge in [-0.2, -0.15) is 16.3 Å². The summed E-state index contributed by atoms with van der Waals surface area (Å²) < 4.78 is 0.807. The standard InChI is InChI=1S/C9H10BrN5S/c10-7-4-13-9(15-11)14-8(7)12-3-6-1-2-16-5-6/h1-2,4-5H,3,11H2,(H2,12,13,14,15). The number of nitrogens with two attached hydrogens (primary N) is 1. The molecule has 2 aromatic heterocycles. The molecule has 0 aliphatic carbocycles. The molecule has 0 saturated heterocycles. The number of anilines is 2. The normalized spacial score (nSPS) is 10.1. The van der Waals surface area contributed by atoms with E-state index in [1.807, 2.05) is 5.38 Å². The molecule has 0 saturated carbocycles. The molecule has 4 N–H and O–H groups in total. The van der Waals surface area contributed by atoms with Crippen LogP contribution < -0.4 is 16.6 Å². The van der Waals surface area contributed by atoms with E-state index in [2.05, 4.69) is 48.1 Å². The molecule has 84 valence electrons. The van der Waals surface area contributed by atoms with Crippen molar-refractivity contribution in [3.05, 3.63) is 33.1 Å². The molecule has 0 fully saturated rings. The van der Waals surface area contributed by atoms with Gasteiger partial charge in [-0.1, -0.05) is 0 Å². The van der Waals surface area contributed by atoms with Crippen LogP contribution in [0.4, 0.5) is 11.8 Å². The highest BCUT2D eigenvalue weighted by atomic mass is 79.9. The minimum absolute atomic E-state index is 0.385. The van der Waals surface area contributed by atoms with E-state index in [9.17, 15) is 0 Å². The molecule has 0 aliphatic heterocycles. The Morgan fingerprint density at radius 1 is 1.50 bits per heavy atom. The Balaban J connectivity index is 2.08. The largest absolute Gasteiger partial charge is 0.365 e. The van der Waals surface area contributed by atoms with Gasteiger partial charge in [0.1, 0.15) is 5.82 Å². The summed E-state index contributed by atoms with van der Waals surface area (Å²) in [7, 11) is 0. The number of rotatable bonds is 4. The third-order valence-electron chi connectivity index (χ3n) is 1.91. The highest BCUT2D eigenvalue weighted by Crippen LogP contribution is 2.20. The quantitative estimate of drug-likeness (QED) is 0.596. The van der Waals surface area contributed by atoms with Crippen LogP contribution in [0.15, 0.2) is 27.5 Å². The molecule has 0 amide bonds. The molecule has 2 rings (SSSR count). The number of hydrogen-bond acceptors (Lipinski definition) is 6. The van der Waals surface area contributed by atoms with Crippen molar-refractivity contribution in [3.63, 3.8) is 0 Å². The Kier molecular flexibility index (Phi) is 3.70. The van der Waals surface area contributed by atoms with Crippen molar-refractivity contribution in [1.29, 1.82) is 0 Å². The van der Waals surface area contributed by atoms with Gasteiger partial charge in [-0.15, -0.1) is 0 Å². The highest BCUT2D eigenvalue weighted by Gasteiger charge is 2.03. The summed E-state index contributed by atoms with van der Waals surface area (Å²) in [5.41, 5.74) is 3.63. The number of hydrazine groups is 1. The Morgan fingerprint density at radius 3 is 3.06 bits per heavy atom. The summed E-state index contributed by atoms with van der Waals surface area (Å²) in [6, 6.07) is 2.06. The zero-order valence-corrected chi connectivity index (χ0v) is 10.7. The van der Waals surface area contributed by atoms with Gasteiger partial charge in [0.25, 0.3) is 0 Å². The van der Waals surface area contributed by atoms with Crippen LogP contribution in [0.25, 0.3) is 0 Å². The number of nitrogen functional groups attached to an aromatic ring is 1. The SMILES string of the molecule is NNc1ncc(Br)c(NCc2ccsc2)n1. The van der Waals surface area contributed by atoms with Crippen LogP contribution in [0.3, 0.4) is 0 Å². The lowest BCUT2D eigenvalue weighted by molar-refractivity contribution is 1.06. The summed E-state index contributed by atoms with van der Waals surface area (Å²) in [5.74, 6) is 6.35. The predicted molar refractivity (Wildman–Crippen MR) is 69.2 cm³/mol. The topological polar surface area (TPSA) is 75.9 Å². The van der Waals surface area contributed by atoms with Crippen LogP contribution in [-0.2, 0) is 6.54 Å². The first-order chi connectivity index (χ1) is 7.79. The van der Waals surface area contributed by atoms with E-state index in [-0.39, 0.29) is 0 Å². The Labute approximate surface area is 105 Å². The number of nitrogens with one attached hydrogen (secondary N) is 2. The second-order valence-electron chi connectivity index (χ2n) is 3.02. The van der Waals surface area contributed by atoms with Gasteiger partial charge in [0.15, 0.2) is 0 Å². The molecular weight excluding hydrogens is 290 g/mol. The van der Waals surface area contributed by atoms with E-state index >= 15 is 0 Å². The number of hydrogen-bond donors (Lipinski definition) is 3. The van der Waals surface area contributed by atoms with Crippen LogP contribution in [-0.4, -0.2) is 9.97 Å². The first-order valence-electron chi connectivity index (χ1n) is 4.53. The molecule has 0 spiro atoms. The second kappa shape index (κ2) is 5.24. The lowest BCUT2D eigenvalue weighted by atomic mass is 10.3. The maximum Gasteiger partial charge on any atom is 0.239 e. The summed E-state index contributed by atoms with van der Waals surface area (Å²) >= 11 is 5.04. The smallest absolute Gasteiger partial charge is 0.239 e. The van der Waals surface area contributed by atoms with Crippen LogP contribution >= 0.6 is 27.3 Å². The van der Waals surface area contributed by atoms with Gasteiger partial charge in [0.05, 0.1) is 4.47 Å². The summed E-state index contributed by atoms with van der Waals surface area (Å²) in [6.07, 6.45) is 1.65. The molecule has 2 aromatic rings. The maximum absolute atomic E-state index is 5.24. The molecule has 0 aliphatic rings. The molecule has 7 heteroatoms. The van der Waals surface area contributed by atoms with E-state index in [0.717, 1.165) is 11.0 Å². The monoisotopic (exact) mass is 299 g/mol. The van der Waals surface area contributed by atoms with Crippen LogP contribution in [0, 0.1) is 0 Å². The third kappa shape index (κ3) is 2.69. The zero-order valence-electron chi connectivity index (χ0n) is 8.27. The average Bonchev–Trinajstić information content (AvgIpc) is 2.81. The second-order valence-corrected chi connectivity index (χ2v) is 4.65. The van der Waals surface area contributed by atoms with Crippen molar-refractivity contribution >= 4 is 39.0 Å². The van der Waals surface area contributed by atoms with Crippen molar-refractivity contribution < 1.29 is 0 Å². The lowest BCUT2D eigenvalue weighted by Gasteiger charge is -2.07. The Hall–Kier alpha value is -1.18. The van der Waals surface area contributed by atoms with E-state index in [4.69, 9.17) is 5.84 Å². The van der Waals surface area contributed by atoms with Crippen molar-refractivity contribution in [2.24, 2.45) is 5.84 Å². The predicted octanol–water partition coefficient (Wildman–Crippen LogP) is 2.20. The fourth-order valence-electron chi connectivity index (χ4n) is 1.14. The molecule has 16 heavy (non-hydrogen) atoms. The average molecular weight is 300 g/mol. The number of thiophene rings is 1. The van der Waals surface area contributed by atoms with Gasteiger partial charge >= 0.3 is 0 Å². The van der Waals surface area contributed by atoms with Gasteiger partial charge in [0, 0.05) is 12.7 Å². The van der Waals surface area contributed by atoms with Crippen molar-refractivity contribution in [1.82, 2.24) is 9.97 Å². The summed E-state index contributed by atoms with van der Waals surface area (Å²) in [6.45, 7) is 0.725. The summed E-state index contributed by atoms with van der Waals surface area (Å²) in [5, 5.41) is 7.33. The minimum atomic E-state index is 0.385. The number of nitrogens with zero attached hydrogens (tertiary/aromatic N) is 2. The molecule has 0 unspecified atom stereocenters. The maximum atomic E-state index is 5.24. The zero-order chi connectivity index (χ0) is 11.4. The van der Waals surface area contributed by atoms with Crippen molar-refractivity contribution in [3.8, 4) is 0 Å². The first-order valence-corrected chi connectivity index (χ1v) is 6.27. The van der Waals surface area contributed by atoms with Crippen LogP contribution in [0.5, 0.6) is 0 Å². The van der Waals surface area contributed by atoms with Gasteiger partial charge in [-0.3, -0.25) is 5.43 Å². The molecule has 2 heterocycles. The van der Waals surface area contributed by atoms with E-state index < -0.39 is 0 Å². The van der Waals surface area contributed by atoms with Gasteiger partial charge in [-0.05, 0) is 38.3 Å². The Bertz CT molecular complexity index is 459. The molecule has 0 radical (unpaired) electrons. The molecule has 0 aromatic carbocycles. The van der Waals surface area contributed by atoms with E-state index in [1.165, 1.54) is 5.56 Å². The third-order valence-corrected chi connectivity index (χ3v) is 3.23. The molecule has 0 bridgehead atoms. The fraction of sp³-hybridized carbons (Fsp3) is 0.111. The van der Waals surface area contributed by atoms with Crippen molar-refractivity contribution in [2.75, 3.05) is 10.7 Å². The minimum Gasteiger partial charge on any atom is -0.365 e. The van der Waals surface area contributed by atoms with Gasteiger partial charge < -0.3 is 5.32 Å².